The molecular formula is C6H13InO2. The molecule has 0 amide bonds. The molecule has 1 aliphatic carbocycles. The molecular weight excluding hydrogens is 219 g/mol. The normalized spacial score (nSPS) is 19.1. The van der Waals surface area contributed by atoms with E-state index in [0.29, 0.717) is 0 Å². The van der Waals surface area contributed by atoms with Crippen LogP contribution in [0.25, 0.3) is 0 Å². The molecule has 0 aliphatic heterocycles. The van der Waals surface area contributed by atoms with Gasteiger partial charge >= 0.3 is 31.8 Å². The summed E-state index contributed by atoms with van der Waals surface area (Å²) in [5.74, 6) is -0.627. The van der Waals surface area contributed by atoms with Gasteiger partial charge in [-0.15, -0.1) is 0 Å². The van der Waals surface area contributed by atoms with Crippen LogP contribution in [-0.2, 0) is 4.79 Å². The van der Waals surface area contributed by atoms with E-state index in [2.05, 4.69) is 0 Å². The number of carboxylic acids is 1. The molecule has 1 N–H and O–H groups in total. The van der Waals surface area contributed by atoms with Gasteiger partial charge in [-0.1, -0.05) is 12.8 Å². The van der Waals surface area contributed by atoms with Crippen LogP contribution in [0.1, 0.15) is 25.7 Å². The number of carboxylic acid groups (broad SMARTS) is 1. The third-order valence-electron chi connectivity index (χ3n) is 1.70. The summed E-state index contributed by atoms with van der Waals surface area (Å²) in [6, 6.07) is 0. The molecule has 0 radical (unpaired) electrons. The van der Waals surface area contributed by atoms with Crippen molar-refractivity contribution in [1.82, 2.24) is 0 Å². The van der Waals surface area contributed by atoms with E-state index in [1.807, 2.05) is 0 Å². The summed E-state index contributed by atoms with van der Waals surface area (Å²) in [4.78, 5) is 10.2. The molecule has 0 aromatic rings. The molecule has 0 spiro atoms. The summed E-state index contributed by atoms with van der Waals surface area (Å²) in [5.41, 5.74) is 0. The first-order valence-electron chi connectivity index (χ1n) is 3.03. The first-order chi connectivity index (χ1) is 3.80. The van der Waals surface area contributed by atoms with Gasteiger partial charge in [0.05, 0.1) is 5.92 Å². The van der Waals surface area contributed by atoms with Crippen molar-refractivity contribution in [3.05, 3.63) is 0 Å². The number of rotatable bonds is 1. The van der Waals surface area contributed by atoms with Crippen LogP contribution >= 0.6 is 0 Å². The van der Waals surface area contributed by atoms with Gasteiger partial charge in [-0.3, -0.25) is 4.79 Å². The van der Waals surface area contributed by atoms with E-state index in [1.165, 1.54) is 0 Å². The van der Waals surface area contributed by atoms with Gasteiger partial charge in [0.2, 0.25) is 0 Å². The number of carbonyl (C=O) groups is 1. The third kappa shape index (κ3) is 2.61. The molecule has 0 unspecified atom stereocenters. The first-order valence-corrected chi connectivity index (χ1v) is 3.03. The van der Waals surface area contributed by atoms with Crippen molar-refractivity contribution in [1.29, 1.82) is 0 Å². The van der Waals surface area contributed by atoms with E-state index in [9.17, 15) is 4.79 Å². The van der Waals surface area contributed by atoms with Crippen LogP contribution in [0.2, 0.25) is 0 Å². The van der Waals surface area contributed by atoms with Crippen molar-refractivity contribution in [3.8, 4) is 0 Å². The molecule has 9 heavy (non-hydrogen) atoms. The van der Waals surface area contributed by atoms with Crippen molar-refractivity contribution in [2.45, 2.75) is 25.7 Å². The van der Waals surface area contributed by atoms with E-state index in [4.69, 9.17) is 5.11 Å². The summed E-state index contributed by atoms with van der Waals surface area (Å²) in [7, 11) is 0. The van der Waals surface area contributed by atoms with Gasteiger partial charge in [-0.25, -0.2) is 0 Å². The average molecular weight is 232 g/mol. The molecule has 0 heterocycles. The second kappa shape index (κ2) is 4.20. The SMILES string of the molecule is O=C(O)C1CCCC1.[InH3]. The van der Waals surface area contributed by atoms with Crippen LogP contribution in [0.3, 0.4) is 0 Å². The maximum absolute atomic E-state index is 10.2. The van der Waals surface area contributed by atoms with Gasteiger partial charge in [0.1, 0.15) is 0 Å². The van der Waals surface area contributed by atoms with E-state index >= 15 is 0 Å². The fourth-order valence-corrected chi connectivity index (χ4v) is 1.17. The molecule has 0 aromatic carbocycles. The minimum atomic E-state index is -0.609. The third-order valence-corrected chi connectivity index (χ3v) is 1.70. The summed E-state index contributed by atoms with van der Waals surface area (Å²) in [6.45, 7) is 0. The zero-order valence-corrected chi connectivity index (χ0v) is 4.76. The van der Waals surface area contributed by atoms with Gasteiger partial charge in [0, 0.05) is 0 Å². The van der Waals surface area contributed by atoms with Crippen molar-refractivity contribution in [2.24, 2.45) is 5.92 Å². The quantitative estimate of drug-likeness (QED) is 0.694. The molecule has 3 heteroatoms. The van der Waals surface area contributed by atoms with Gasteiger partial charge in [-0.05, 0) is 12.8 Å². The van der Waals surface area contributed by atoms with Gasteiger partial charge in [-0.2, -0.15) is 0 Å². The Morgan fingerprint density at radius 2 is 1.78 bits per heavy atom. The van der Waals surface area contributed by atoms with Crippen molar-refractivity contribution < 1.29 is 9.90 Å². The minimum absolute atomic E-state index is 0. The Morgan fingerprint density at radius 1 is 1.33 bits per heavy atom. The van der Waals surface area contributed by atoms with Crippen LogP contribution in [-0.4, -0.2) is 36.9 Å². The molecule has 2 nitrogen and oxygen atoms in total. The topological polar surface area (TPSA) is 37.3 Å². The van der Waals surface area contributed by atoms with Crippen LogP contribution < -0.4 is 0 Å². The molecule has 1 aliphatic rings. The van der Waals surface area contributed by atoms with Crippen molar-refractivity contribution in [2.75, 3.05) is 0 Å². The number of hydrogen-bond acceptors (Lipinski definition) is 1. The molecule has 0 bridgehead atoms. The Kier molecular flexibility index (Phi) is 4.36. The standard InChI is InChI=1S/C6H10O2.In.3H/c7-6(8)5-3-1-2-4-5;;;;/h5H,1-4H2,(H,7,8);;;;. The van der Waals surface area contributed by atoms with E-state index in [-0.39, 0.29) is 31.8 Å². The predicted molar refractivity (Wildman–Crippen MR) is 39.5 cm³/mol. The van der Waals surface area contributed by atoms with E-state index in [0.717, 1.165) is 25.7 Å². The Balaban J connectivity index is 0.000000640. The van der Waals surface area contributed by atoms with E-state index < -0.39 is 5.97 Å². The van der Waals surface area contributed by atoms with Crippen LogP contribution in [0.4, 0.5) is 0 Å². The van der Waals surface area contributed by atoms with Gasteiger partial charge in [0.15, 0.2) is 0 Å². The zero-order chi connectivity index (χ0) is 5.98. The molecule has 1 rings (SSSR count). The predicted octanol–water partition coefficient (Wildman–Crippen LogP) is 0.0773. The molecule has 1 saturated carbocycles. The summed E-state index contributed by atoms with van der Waals surface area (Å²) < 4.78 is 0. The van der Waals surface area contributed by atoms with Gasteiger partial charge in [0.25, 0.3) is 0 Å². The molecule has 1 fully saturated rings. The Morgan fingerprint density at radius 3 is 2.00 bits per heavy atom. The number of aliphatic carboxylic acids is 1. The molecule has 52 valence electrons. The van der Waals surface area contributed by atoms with Crippen molar-refractivity contribution >= 4 is 31.8 Å². The zero-order valence-electron chi connectivity index (χ0n) is 4.76. The summed E-state index contributed by atoms with van der Waals surface area (Å²) >= 11 is 0. The number of hydrogen-bond donors (Lipinski definition) is 1. The fourth-order valence-electron chi connectivity index (χ4n) is 1.17. The Hall–Kier alpha value is 0.340. The average Bonchev–Trinajstić information content (AvgIpc) is 2.12. The first kappa shape index (κ1) is 9.34. The monoisotopic (exact) mass is 232 g/mol. The van der Waals surface area contributed by atoms with Crippen molar-refractivity contribution in [3.63, 3.8) is 0 Å². The Bertz CT molecular complexity index is 97.2. The molecule has 0 saturated heterocycles. The molecule has 0 aromatic heterocycles. The Labute approximate surface area is 73.4 Å². The second-order valence-electron chi connectivity index (χ2n) is 2.32. The van der Waals surface area contributed by atoms with Crippen LogP contribution in [0, 0.1) is 5.92 Å². The summed E-state index contributed by atoms with van der Waals surface area (Å²) in [5, 5.41) is 8.41. The molecule has 0 atom stereocenters. The fraction of sp³-hybridized carbons (Fsp3) is 0.833. The summed E-state index contributed by atoms with van der Waals surface area (Å²) in [6.07, 6.45) is 4.01. The maximum atomic E-state index is 10.2. The van der Waals surface area contributed by atoms with Crippen LogP contribution in [0.15, 0.2) is 0 Å². The van der Waals surface area contributed by atoms with E-state index in [1.54, 1.807) is 0 Å². The van der Waals surface area contributed by atoms with Gasteiger partial charge < -0.3 is 5.11 Å². The van der Waals surface area contributed by atoms with Crippen LogP contribution in [0.5, 0.6) is 0 Å². The second-order valence-corrected chi connectivity index (χ2v) is 2.32.